The van der Waals surface area contributed by atoms with Gasteiger partial charge in [0.15, 0.2) is 0 Å². The molecule has 0 unspecified atom stereocenters. The maximum atomic E-state index is 13.4. The molecule has 3 nitrogen and oxygen atoms in total. The number of methoxy groups -OCH3 is 1. The van der Waals surface area contributed by atoms with Crippen molar-refractivity contribution in [2.45, 2.75) is 19.1 Å². The molecule has 0 bridgehead atoms. The standard InChI is InChI=1S/C10H12ClFO3S/c1-3-7-4-8(6-16(11,13)14)10(15-2)5-9(7)12/h4-5H,3,6H2,1-2H3. The Morgan fingerprint density at radius 3 is 2.44 bits per heavy atom. The van der Waals surface area contributed by atoms with Gasteiger partial charge in [0.2, 0.25) is 9.05 Å². The Kier molecular flexibility index (Phi) is 4.15. The number of halogens is 2. The van der Waals surface area contributed by atoms with Gasteiger partial charge in [-0.25, -0.2) is 12.8 Å². The van der Waals surface area contributed by atoms with Crippen molar-refractivity contribution in [1.29, 1.82) is 0 Å². The van der Waals surface area contributed by atoms with Crippen molar-refractivity contribution in [2.75, 3.05) is 7.11 Å². The van der Waals surface area contributed by atoms with Crippen molar-refractivity contribution < 1.29 is 17.5 Å². The van der Waals surface area contributed by atoms with Gasteiger partial charge in [-0.05, 0) is 18.1 Å². The zero-order valence-corrected chi connectivity index (χ0v) is 10.5. The van der Waals surface area contributed by atoms with E-state index in [-0.39, 0.29) is 11.5 Å². The van der Waals surface area contributed by atoms with Crippen LogP contribution in [0.3, 0.4) is 0 Å². The van der Waals surface area contributed by atoms with E-state index in [0.29, 0.717) is 17.5 Å². The maximum absolute atomic E-state index is 13.4. The molecule has 0 atom stereocenters. The quantitative estimate of drug-likeness (QED) is 0.787. The average Bonchev–Trinajstić information content (AvgIpc) is 2.18. The summed E-state index contributed by atoms with van der Waals surface area (Å²) in [7, 11) is 2.83. The summed E-state index contributed by atoms with van der Waals surface area (Å²) in [5, 5.41) is 0. The number of hydrogen-bond donors (Lipinski definition) is 0. The van der Waals surface area contributed by atoms with Gasteiger partial charge in [0, 0.05) is 22.3 Å². The number of benzene rings is 1. The predicted molar refractivity (Wildman–Crippen MR) is 60.8 cm³/mol. The van der Waals surface area contributed by atoms with Gasteiger partial charge in [-0.1, -0.05) is 6.92 Å². The van der Waals surface area contributed by atoms with Gasteiger partial charge >= 0.3 is 0 Å². The lowest BCUT2D eigenvalue weighted by Crippen LogP contribution is -2.01. The zero-order chi connectivity index (χ0) is 12.3. The van der Waals surface area contributed by atoms with Crippen molar-refractivity contribution >= 4 is 19.7 Å². The fraction of sp³-hybridized carbons (Fsp3) is 0.400. The Morgan fingerprint density at radius 2 is 2.00 bits per heavy atom. The maximum Gasteiger partial charge on any atom is 0.236 e. The van der Waals surface area contributed by atoms with E-state index < -0.39 is 14.9 Å². The van der Waals surface area contributed by atoms with E-state index in [1.807, 2.05) is 0 Å². The predicted octanol–water partition coefficient (Wildman–Crippen LogP) is 2.47. The number of hydrogen-bond acceptors (Lipinski definition) is 3. The molecular formula is C10H12ClFO3S. The molecule has 16 heavy (non-hydrogen) atoms. The molecule has 0 spiro atoms. The van der Waals surface area contributed by atoms with E-state index in [4.69, 9.17) is 15.4 Å². The minimum absolute atomic E-state index is 0.193. The highest BCUT2D eigenvalue weighted by Gasteiger charge is 2.15. The van der Waals surface area contributed by atoms with Gasteiger partial charge in [-0.15, -0.1) is 0 Å². The molecule has 1 aromatic rings. The first-order chi connectivity index (χ1) is 7.37. The van der Waals surface area contributed by atoms with Crippen LogP contribution in [0, 0.1) is 5.82 Å². The molecule has 0 fully saturated rings. The number of rotatable bonds is 4. The summed E-state index contributed by atoms with van der Waals surface area (Å²) in [5.74, 6) is -0.584. The summed E-state index contributed by atoms with van der Waals surface area (Å²) < 4.78 is 40.2. The third kappa shape index (κ3) is 3.35. The molecular weight excluding hydrogens is 255 g/mol. The largest absolute Gasteiger partial charge is 0.496 e. The highest BCUT2D eigenvalue weighted by molar-refractivity contribution is 8.13. The van der Waals surface area contributed by atoms with Crippen LogP contribution in [0.1, 0.15) is 18.1 Å². The molecule has 0 aliphatic heterocycles. The molecule has 0 heterocycles. The third-order valence-corrected chi connectivity index (χ3v) is 3.14. The van der Waals surface area contributed by atoms with Crippen molar-refractivity contribution in [3.8, 4) is 5.75 Å². The molecule has 1 rings (SSSR count). The fourth-order valence-corrected chi connectivity index (χ4v) is 2.36. The number of aryl methyl sites for hydroxylation is 1. The van der Waals surface area contributed by atoms with Gasteiger partial charge in [0.05, 0.1) is 12.9 Å². The van der Waals surface area contributed by atoms with Crippen LogP contribution in [0.5, 0.6) is 5.75 Å². The van der Waals surface area contributed by atoms with Crippen LogP contribution in [0.2, 0.25) is 0 Å². The van der Waals surface area contributed by atoms with Crippen LogP contribution < -0.4 is 4.74 Å². The highest BCUT2D eigenvalue weighted by Crippen LogP contribution is 2.26. The highest BCUT2D eigenvalue weighted by atomic mass is 35.7. The first kappa shape index (κ1) is 13.3. The van der Waals surface area contributed by atoms with E-state index in [9.17, 15) is 12.8 Å². The minimum Gasteiger partial charge on any atom is -0.496 e. The molecule has 0 amide bonds. The van der Waals surface area contributed by atoms with E-state index in [0.717, 1.165) is 0 Å². The van der Waals surface area contributed by atoms with E-state index in [1.54, 1.807) is 6.92 Å². The van der Waals surface area contributed by atoms with Crippen LogP contribution in [0.25, 0.3) is 0 Å². The second-order valence-electron chi connectivity index (χ2n) is 3.29. The van der Waals surface area contributed by atoms with Crippen LogP contribution in [0.15, 0.2) is 12.1 Å². The molecule has 90 valence electrons. The molecule has 0 N–H and O–H groups in total. The lowest BCUT2D eigenvalue weighted by Gasteiger charge is -2.09. The van der Waals surface area contributed by atoms with Crippen molar-refractivity contribution in [1.82, 2.24) is 0 Å². The summed E-state index contributed by atoms with van der Waals surface area (Å²) in [6, 6.07) is 2.64. The monoisotopic (exact) mass is 266 g/mol. The molecule has 0 saturated carbocycles. The Bertz CT molecular complexity index is 485. The van der Waals surface area contributed by atoms with Gasteiger partial charge in [-0.2, -0.15) is 0 Å². The summed E-state index contributed by atoms with van der Waals surface area (Å²) >= 11 is 0. The van der Waals surface area contributed by atoms with Gasteiger partial charge in [0.1, 0.15) is 11.6 Å². The third-order valence-electron chi connectivity index (χ3n) is 2.16. The van der Waals surface area contributed by atoms with Gasteiger partial charge in [-0.3, -0.25) is 0 Å². The van der Waals surface area contributed by atoms with E-state index in [1.165, 1.54) is 19.2 Å². The van der Waals surface area contributed by atoms with Crippen molar-refractivity contribution in [2.24, 2.45) is 0 Å². The molecule has 0 saturated heterocycles. The molecule has 1 aromatic carbocycles. The first-order valence-corrected chi connectivity index (χ1v) is 7.13. The van der Waals surface area contributed by atoms with Crippen LogP contribution >= 0.6 is 10.7 Å². The van der Waals surface area contributed by atoms with E-state index in [2.05, 4.69) is 0 Å². The van der Waals surface area contributed by atoms with E-state index >= 15 is 0 Å². The smallest absolute Gasteiger partial charge is 0.236 e. The molecule has 6 heteroatoms. The summed E-state index contributed by atoms with van der Waals surface area (Å²) in [4.78, 5) is 0. The molecule has 0 radical (unpaired) electrons. The Morgan fingerprint density at radius 1 is 1.38 bits per heavy atom. The Hall–Kier alpha value is -0.810. The lowest BCUT2D eigenvalue weighted by molar-refractivity contribution is 0.407. The molecule has 0 aliphatic carbocycles. The van der Waals surface area contributed by atoms with Crippen molar-refractivity contribution in [3.05, 3.63) is 29.1 Å². The SMILES string of the molecule is CCc1cc(CS(=O)(=O)Cl)c(OC)cc1F. The zero-order valence-electron chi connectivity index (χ0n) is 8.96. The van der Waals surface area contributed by atoms with Gasteiger partial charge in [0.25, 0.3) is 0 Å². The Labute approximate surface area is 98.6 Å². The summed E-state index contributed by atoms with van der Waals surface area (Å²) in [5.41, 5.74) is 0.812. The second kappa shape index (κ2) is 5.01. The molecule has 0 aromatic heterocycles. The van der Waals surface area contributed by atoms with Gasteiger partial charge < -0.3 is 4.74 Å². The van der Waals surface area contributed by atoms with Crippen molar-refractivity contribution in [3.63, 3.8) is 0 Å². The lowest BCUT2D eigenvalue weighted by atomic mass is 10.1. The minimum atomic E-state index is -3.68. The second-order valence-corrected chi connectivity index (χ2v) is 6.07. The summed E-state index contributed by atoms with van der Waals surface area (Å²) in [6.45, 7) is 1.78. The van der Waals surface area contributed by atoms with Crippen LogP contribution in [-0.4, -0.2) is 15.5 Å². The van der Waals surface area contributed by atoms with Crippen LogP contribution in [-0.2, 0) is 21.2 Å². The Balaban J connectivity index is 3.25. The summed E-state index contributed by atoms with van der Waals surface area (Å²) in [6.07, 6.45) is 0.477. The fourth-order valence-electron chi connectivity index (χ4n) is 1.41. The number of ether oxygens (including phenoxy) is 1. The normalized spacial score (nSPS) is 11.5. The van der Waals surface area contributed by atoms with Crippen LogP contribution in [0.4, 0.5) is 4.39 Å². The topological polar surface area (TPSA) is 43.4 Å². The first-order valence-electron chi connectivity index (χ1n) is 4.65. The average molecular weight is 267 g/mol. The molecule has 0 aliphatic rings.